The lowest BCUT2D eigenvalue weighted by Gasteiger charge is -1.98. The summed E-state index contributed by atoms with van der Waals surface area (Å²) in [4.78, 5) is 18.4. The molecule has 0 saturated carbocycles. The van der Waals surface area contributed by atoms with E-state index in [9.17, 15) is 4.79 Å². The third-order valence-electron chi connectivity index (χ3n) is 6.45. The molecule has 0 N–H and O–H groups in total. The number of thiazole rings is 1. The number of furan rings is 1. The molecule has 0 saturated heterocycles. The van der Waals surface area contributed by atoms with Gasteiger partial charge in [-0.15, -0.1) is 5.10 Å². The average molecular weight is 544 g/mol. The first kappa shape index (κ1) is 23.8. The van der Waals surface area contributed by atoms with Crippen LogP contribution in [0.25, 0.3) is 51.3 Å². The van der Waals surface area contributed by atoms with Crippen molar-refractivity contribution in [1.29, 1.82) is 0 Å². The second-order valence-electron chi connectivity index (χ2n) is 9.05. The monoisotopic (exact) mass is 543 g/mol. The Morgan fingerprint density at radius 3 is 2.50 bits per heavy atom. The van der Waals surface area contributed by atoms with E-state index < -0.39 is 0 Å². The molecule has 0 atom stereocenters. The van der Waals surface area contributed by atoms with Crippen molar-refractivity contribution >= 4 is 45.5 Å². The van der Waals surface area contributed by atoms with Crippen molar-refractivity contribution in [2.75, 3.05) is 7.11 Å². The lowest BCUT2D eigenvalue weighted by molar-refractivity contribution is 0.415. The normalized spacial score (nSPS) is 12.3. The van der Waals surface area contributed by atoms with Gasteiger partial charge in [-0.3, -0.25) is 4.79 Å². The number of rotatable bonds is 6. The van der Waals surface area contributed by atoms with E-state index in [0.717, 1.165) is 33.5 Å². The number of hydrogen-bond acceptors (Lipinski definition) is 7. The number of ether oxygens (including phenoxy) is 1. The van der Waals surface area contributed by atoms with Gasteiger partial charge in [-0.25, -0.2) is 4.68 Å². The third-order valence-corrected chi connectivity index (χ3v) is 7.41. The zero-order valence-corrected chi connectivity index (χ0v) is 22.1. The smallest absolute Gasteiger partial charge is 0.291 e. The second-order valence-corrected chi connectivity index (χ2v) is 10.1. The van der Waals surface area contributed by atoms with Crippen LogP contribution < -0.4 is 14.8 Å². The van der Waals surface area contributed by atoms with Crippen molar-refractivity contribution in [2.45, 2.75) is 0 Å². The zero-order chi connectivity index (χ0) is 27.1. The molecule has 0 spiro atoms. The highest BCUT2D eigenvalue weighted by molar-refractivity contribution is 7.15. The molecular formula is C31H21N5O3S. The molecule has 0 unspecified atom stereocenters. The second kappa shape index (κ2) is 9.79. The first-order valence-corrected chi connectivity index (χ1v) is 13.3. The minimum absolute atomic E-state index is 0.236. The lowest BCUT2D eigenvalue weighted by atomic mass is 10.2. The highest BCUT2D eigenvalue weighted by Gasteiger charge is 2.17. The fourth-order valence-corrected chi connectivity index (χ4v) is 5.35. The van der Waals surface area contributed by atoms with E-state index in [4.69, 9.17) is 14.3 Å². The maximum absolute atomic E-state index is 13.3. The van der Waals surface area contributed by atoms with E-state index in [0.29, 0.717) is 26.8 Å². The van der Waals surface area contributed by atoms with Crippen LogP contribution in [0.1, 0.15) is 17.0 Å². The number of methoxy groups -OCH3 is 1. The predicted octanol–water partition coefficient (Wildman–Crippen LogP) is 5.48. The SMILES string of the molecule is COc1ccc(/C=C/c2nc3s/c(=C\c4cn(-c5ccccc5)nc4-c4cc5ccccc5o4)c(=O)n3n2)cc1. The molecule has 7 aromatic rings. The highest BCUT2D eigenvalue weighted by Crippen LogP contribution is 2.30. The molecule has 0 radical (unpaired) electrons. The van der Waals surface area contributed by atoms with Crippen LogP contribution in [-0.2, 0) is 0 Å². The van der Waals surface area contributed by atoms with Crippen LogP contribution in [0.15, 0.2) is 100 Å². The van der Waals surface area contributed by atoms with E-state index in [1.807, 2.05) is 103 Å². The van der Waals surface area contributed by atoms with Gasteiger partial charge in [-0.1, -0.05) is 65.9 Å². The quantitative estimate of drug-likeness (QED) is 0.276. The molecule has 9 heteroatoms. The summed E-state index contributed by atoms with van der Waals surface area (Å²) in [5.74, 6) is 1.88. The van der Waals surface area contributed by atoms with Gasteiger partial charge in [0.05, 0.1) is 17.3 Å². The van der Waals surface area contributed by atoms with E-state index in [-0.39, 0.29) is 5.56 Å². The van der Waals surface area contributed by atoms with Crippen LogP contribution in [0.2, 0.25) is 0 Å². The summed E-state index contributed by atoms with van der Waals surface area (Å²) in [6.07, 6.45) is 7.41. The van der Waals surface area contributed by atoms with Gasteiger partial charge in [0.2, 0.25) is 4.96 Å². The molecule has 0 bridgehead atoms. The predicted molar refractivity (Wildman–Crippen MR) is 157 cm³/mol. The number of para-hydroxylation sites is 2. The Morgan fingerprint density at radius 2 is 1.73 bits per heavy atom. The molecule has 4 aromatic heterocycles. The molecule has 194 valence electrons. The van der Waals surface area contributed by atoms with Crippen molar-refractivity contribution in [3.63, 3.8) is 0 Å². The molecule has 8 nitrogen and oxygen atoms in total. The number of nitrogens with zero attached hydrogens (tertiary/aromatic N) is 5. The fourth-order valence-electron chi connectivity index (χ4n) is 4.44. The molecule has 0 aliphatic heterocycles. The van der Waals surface area contributed by atoms with Crippen LogP contribution in [-0.4, -0.2) is 31.5 Å². The van der Waals surface area contributed by atoms with Crippen molar-refractivity contribution < 1.29 is 9.15 Å². The summed E-state index contributed by atoms with van der Waals surface area (Å²) in [5.41, 5.74) is 3.81. The number of fused-ring (bicyclic) bond motifs is 2. The minimum Gasteiger partial charge on any atom is -0.497 e. The van der Waals surface area contributed by atoms with Crippen LogP contribution in [0.4, 0.5) is 0 Å². The van der Waals surface area contributed by atoms with Crippen molar-refractivity contribution in [3.05, 3.63) is 123 Å². The maximum atomic E-state index is 13.3. The van der Waals surface area contributed by atoms with E-state index >= 15 is 0 Å². The van der Waals surface area contributed by atoms with E-state index in [1.54, 1.807) is 17.9 Å². The molecular weight excluding hydrogens is 522 g/mol. The van der Waals surface area contributed by atoms with Gasteiger partial charge in [0.25, 0.3) is 5.56 Å². The summed E-state index contributed by atoms with van der Waals surface area (Å²) in [6.45, 7) is 0. The van der Waals surface area contributed by atoms with E-state index in [2.05, 4.69) is 10.1 Å². The standard InChI is InChI=1S/C31H21N5O3S/c1-38-24-14-11-20(12-15-24)13-16-28-32-31-36(33-28)30(37)27(40-31)18-22-19-35(23-8-3-2-4-9-23)34-29(22)26-17-21-7-5-6-10-25(21)39-26/h2-19H,1H3/b16-13+,27-18-. The lowest BCUT2D eigenvalue weighted by Crippen LogP contribution is -2.23. The summed E-state index contributed by atoms with van der Waals surface area (Å²) in [7, 11) is 1.63. The van der Waals surface area contributed by atoms with Gasteiger partial charge in [0.15, 0.2) is 11.6 Å². The molecule has 0 fully saturated rings. The van der Waals surface area contributed by atoms with Gasteiger partial charge in [-0.2, -0.15) is 14.6 Å². The van der Waals surface area contributed by atoms with Gasteiger partial charge in [0, 0.05) is 17.1 Å². The van der Waals surface area contributed by atoms with Gasteiger partial charge in [0.1, 0.15) is 17.0 Å². The fraction of sp³-hybridized carbons (Fsp3) is 0.0323. The molecule has 7 rings (SSSR count). The summed E-state index contributed by atoms with van der Waals surface area (Å²) in [6, 6.07) is 27.3. The number of aromatic nitrogens is 5. The minimum atomic E-state index is -0.236. The van der Waals surface area contributed by atoms with Crippen molar-refractivity contribution in [3.8, 4) is 22.9 Å². The number of hydrogen-bond donors (Lipinski definition) is 0. The molecule has 0 amide bonds. The average Bonchev–Trinajstić information content (AvgIpc) is 3.77. The molecule has 40 heavy (non-hydrogen) atoms. The van der Waals surface area contributed by atoms with Crippen molar-refractivity contribution in [1.82, 2.24) is 24.4 Å². The Bertz CT molecular complexity index is 2090. The van der Waals surface area contributed by atoms with Crippen LogP contribution in [0.5, 0.6) is 5.75 Å². The Labute approximate surface area is 231 Å². The van der Waals surface area contributed by atoms with Crippen molar-refractivity contribution in [2.24, 2.45) is 0 Å². The molecule has 4 heterocycles. The Balaban J connectivity index is 1.28. The zero-order valence-electron chi connectivity index (χ0n) is 21.3. The Morgan fingerprint density at radius 1 is 0.925 bits per heavy atom. The first-order valence-electron chi connectivity index (χ1n) is 12.5. The van der Waals surface area contributed by atoms with Crippen LogP contribution in [0.3, 0.4) is 0 Å². The topological polar surface area (TPSA) is 87.5 Å². The van der Waals surface area contributed by atoms with E-state index in [1.165, 1.54) is 15.9 Å². The maximum Gasteiger partial charge on any atom is 0.291 e. The Kier molecular flexibility index (Phi) is 5.83. The molecule has 0 aliphatic rings. The largest absolute Gasteiger partial charge is 0.497 e. The summed E-state index contributed by atoms with van der Waals surface area (Å²) >= 11 is 1.28. The van der Waals surface area contributed by atoms with Gasteiger partial charge >= 0.3 is 0 Å². The van der Waals surface area contributed by atoms with Crippen LogP contribution in [0, 0.1) is 0 Å². The van der Waals surface area contributed by atoms with Gasteiger partial charge in [-0.05, 0) is 54.1 Å². The van der Waals surface area contributed by atoms with Gasteiger partial charge < -0.3 is 9.15 Å². The summed E-state index contributed by atoms with van der Waals surface area (Å²) < 4.78 is 15.0. The summed E-state index contributed by atoms with van der Waals surface area (Å²) in [5, 5.41) is 10.2. The first-order chi connectivity index (χ1) is 19.6. The van der Waals surface area contributed by atoms with Crippen LogP contribution >= 0.6 is 11.3 Å². The molecule has 0 aliphatic carbocycles. The third kappa shape index (κ3) is 4.38. The number of benzene rings is 3. The Hall–Kier alpha value is -5.28. The molecule has 3 aromatic carbocycles. The highest BCUT2D eigenvalue weighted by atomic mass is 32.1.